The molecule has 0 aromatic rings. The Morgan fingerprint density at radius 2 is 1.95 bits per heavy atom. The van der Waals surface area contributed by atoms with Crippen molar-refractivity contribution in [3.63, 3.8) is 0 Å². The second-order valence-corrected chi connectivity index (χ2v) is 11.9. The molecule has 1 aliphatic heterocycles. The molecular weight excluding hydrogens is 555 g/mol. The van der Waals surface area contributed by atoms with Gasteiger partial charge in [0.15, 0.2) is 18.1 Å². The summed E-state index contributed by atoms with van der Waals surface area (Å²) >= 11 is 0. The number of halogens is 1. The van der Waals surface area contributed by atoms with Gasteiger partial charge in [0.1, 0.15) is 5.83 Å². The molecule has 0 aromatic heterocycles. The van der Waals surface area contributed by atoms with Gasteiger partial charge in [0, 0.05) is 45.7 Å². The van der Waals surface area contributed by atoms with E-state index in [-0.39, 0.29) is 18.1 Å². The lowest BCUT2D eigenvalue weighted by molar-refractivity contribution is -0.104. The Kier molecular flexibility index (Phi) is 15.1. The highest BCUT2D eigenvalue weighted by Gasteiger charge is 2.27. The number of guanidine groups is 1. The minimum Gasteiger partial charge on any atom is -0.392 e. The van der Waals surface area contributed by atoms with E-state index >= 15 is 0 Å². The highest BCUT2D eigenvalue weighted by atomic mass is 19.1. The number of aldehydes is 1. The first-order chi connectivity index (χ1) is 20.9. The molecule has 4 N–H and O–H groups in total. The number of nitrogens with two attached hydrogens (primary N) is 1. The Morgan fingerprint density at radius 1 is 1.25 bits per heavy atom. The Balaban J connectivity index is 2.43. The molecule has 9 heteroatoms. The van der Waals surface area contributed by atoms with Crippen molar-refractivity contribution in [1.29, 1.82) is 0 Å². The van der Waals surface area contributed by atoms with Gasteiger partial charge in [-0.25, -0.2) is 4.39 Å². The van der Waals surface area contributed by atoms with Gasteiger partial charge in [-0.3, -0.25) is 9.79 Å². The van der Waals surface area contributed by atoms with E-state index in [0.717, 1.165) is 36.2 Å². The van der Waals surface area contributed by atoms with E-state index in [1.807, 2.05) is 59.4 Å². The van der Waals surface area contributed by atoms with Crippen LogP contribution in [0.4, 0.5) is 4.39 Å². The fourth-order valence-electron chi connectivity index (χ4n) is 4.66. The Hall–Kier alpha value is -3.72. The van der Waals surface area contributed by atoms with Crippen molar-refractivity contribution in [3.8, 4) is 0 Å². The molecule has 44 heavy (non-hydrogen) atoms. The average molecular weight is 609 g/mol. The number of aliphatic hydroxyl groups is 1. The van der Waals surface area contributed by atoms with Crippen molar-refractivity contribution < 1.29 is 14.3 Å². The predicted octanol–water partition coefficient (Wildman–Crippen LogP) is 6.14. The second-order valence-electron chi connectivity index (χ2n) is 11.9. The van der Waals surface area contributed by atoms with Crippen LogP contribution in [0.1, 0.15) is 66.7 Å². The standard InChI is InChI=1S/C35H53FN6O2/c1-9-11-13-28(19-32-34(40-35(37)41(6)7)38-20-33(39-32)27-14-12-15-27)29(22-43)21-42(8)17-16-25(4)30(23-44)31(36)18-26(5)24(3)10-2/h9,11,13,16-18,21,23-24,26-27,38,43H,10,12,14-15,19-20,22H2,1-8H3,(H2,37,40)/b11-9-,17-16-,28-13-,29-21+,30-25+,31-18+. The summed E-state index contributed by atoms with van der Waals surface area (Å²) in [6.07, 6.45) is 18.0. The third-order valence-corrected chi connectivity index (χ3v) is 8.35. The number of carbonyl (C=O) groups is 1. The predicted molar refractivity (Wildman–Crippen MR) is 181 cm³/mol. The third-order valence-electron chi connectivity index (χ3n) is 8.35. The van der Waals surface area contributed by atoms with Crippen LogP contribution in [-0.4, -0.2) is 67.2 Å². The van der Waals surface area contributed by atoms with Crippen molar-refractivity contribution in [3.05, 3.63) is 82.4 Å². The Labute approximate surface area is 264 Å². The van der Waals surface area contributed by atoms with Crippen LogP contribution < -0.4 is 11.1 Å². The number of aliphatic hydroxyl groups excluding tert-OH is 1. The first-order valence-corrected chi connectivity index (χ1v) is 15.6. The van der Waals surface area contributed by atoms with Gasteiger partial charge in [-0.15, -0.1) is 0 Å². The summed E-state index contributed by atoms with van der Waals surface area (Å²) in [4.78, 5) is 25.0. The van der Waals surface area contributed by atoms with Crippen LogP contribution in [0, 0.1) is 17.8 Å². The van der Waals surface area contributed by atoms with Crippen molar-refractivity contribution in [1.82, 2.24) is 15.1 Å². The summed E-state index contributed by atoms with van der Waals surface area (Å²) in [5.41, 5.74) is 10.2. The van der Waals surface area contributed by atoms with E-state index in [0.29, 0.717) is 54.0 Å². The van der Waals surface area contributed by atoms with Crippen molar-refractivity contribution in [2.24, 2.45) is 33.5 Å². The number of hydrogen-bond donors (Lipinski definition) is 3. The van der Waals surface area contributed by atoms with Crippen LogP contribution in [0.3, 0.4) is 0 Å². The normalized spacial score (nSPS) is 19.5. The first-order valence-electron chi connectivity index (χ1n) is 15.6. The van der Waals surface area contributed by atoms with E-state index in [1.54, 1.807) is 29.0 Å². The van der Waals surface area contributed by atoms with Crippen LogP contribution in [0.15, 0.2) is 92.4 Å². The highest BCUT2D eigenvalue weighted by Crippen LogP contribution is 2.32. The van der Waals surface area contributed by atoms with Crippen molar-refractivity contribution in [2.45, 2.75) is 66.7 Å². The minimum absolute atomic E-state index is 0.0148. The van der Waals surface area contributed by atoms with Gasteiger partial charge in [-0.1, -0.05) is 51.8 Å². The van der Waals surface area contributed by atoms with Gasteiger partial charge in [-0.05, 0) is 73.3 Å². The zero-order valence-electron chi connectivity index (χ0n) is 27.9. The molecule has 1 saturated carbocycles. The smallest absolute Gasteiger partial charge is 0.197 e. The molecule has 2 unspecified atom stereocenters. The summed E-state index contributed by atoms with van der Waals surface area (Å²) in [5, 5.41) is 13.9. The van der Waals surface area contributed by atoms with E-state index in [1.165, 1.54) is 12.5 Å². The molecule has 0 amide bonds. The van der Waals surface area contributed by atoms with E-state index < -0.39 is 5.83 Å². The number of nitrogens with one attached hydrogen (secondary N) is 1. The van der Waals surface area contributed by atoms with Gasteiger partial charge >= 0.3 is 0 Å². The van der Waals surface area contributed by atoms with Gasteiger partial charge in [0.2, 0.25) is 0 Å². The van der Waals surface area contributed by atoms with Gasteiger partial charge < -0.3 is 26.0 Å². The third kappa shape index (κ3) is 10.8. The fraction of sp³-hybridized carbons (Fsp3) is 0.514. The number of rotatable bonds is 15. The summed E-state index contributed by atoms with van der Waals surface area (Å²) in [6.45, 7) is 10.2. The number of carbonyl (C=O) groups excluding carboxylic acids is 1. The minimum atomic E-state index is -0.509. The van der Waals surface area contributed by atoms with Crippen LogP contribution in [0.25, 0.3) is 0 Å². The zero-order valence-corrected chi connectivity index (χ0v) is 27.9. The molecule has 0 bridgehead atoms. The molecule has 2 aliphatic rings. The number of hydrogen-bond acceptors (Lipinski definition) is 6. The first kappa shape index (κ1) is 36.5. The number of allylic oxidation sites excluding steroid dienone is 9. The largest absolute Gasteiger partial charge is 0.392 e. The van der Waals surface area contributed by atoms with E-state index in [4.69, 9.17) is 10.7 Å². The van der Waals surface area contributed by atoms with Crippen molar-refractivity contribution in [2.75, 3.05) is 34.3 Å². The van der Waals surface area contributed by atoms with Crippen LogP contribution >= 0.6 is 0 Å². The van der Waals surface area contributed by atoms with Crippen molar-refractivity contribution >= 4 is 18.0 Å². The maximum absolute atomic E-state index is 15.0. The van der Waals surface area contributed by atoms with Gasteiger partial charge in [-0.2, -0.15) is 4.99 Å². The molecule has 8 nitrogen and oxygen atoms in total. The molecule has 1 fully saturated rings. The lowest BCUT2D eigenvalue weighted by atomic mass is 9.81. The number of nitrogens with zero attached hydrogens (tertiary/aromatic N) is 4. The lowest BCUT2D eigenvalue weighted by Gasteiger charge is -2.30. The zero-order chi connectivity index (χ0) is 32.8. The fourth-order valence-corrected chi connectivity index (χ4v) is 4.66. The Morgan fingerprint density at radius 3 is 2.50 bits per heavy atom. The molecular formula is C35H53FN6O2. The SMILES string of the molecule is C\C=C/C=C(CC1=C(/N=C(/N)N(C)C)NCC(C2CCC2)=N1)\C(=C\N(C)\C=C/C(C)=C(C=O)/C(F)=C\C(C)C(C)CC)CO. The van der Waals surface area contributed by atoms with Crippen LogP contribution in [0.5, 0.6) is 0 Å². The molecule has 0 aromatic carbocycles. The van der Waals surface area contributed by atoms with E-state index in [9.17, 15) is 14.3 Å². The highest BCUT2D eigenvalue weighted by molar-refractivity contribution is 5.91. The molecule has 242 valence electrons. The quantitative estimate of drug-likeness (QED) is 0.0678. The van der Waals surface area contributed by atoms with Crippen LogP contribution in [0.2, 0.25) is 0 Å². The lowest BCUT2D eigenvalue weighted by Crippen LogP contribution is -2.37. The molecule has 0 radical (unpaired) electrons. The average Bonchev–Trinajstić information content (AvgIpc) is 2.96. The molecule has 2 atom stereocenters. The summed E-state index contributed by atoms with van der Waals surface area (Å²) in [7, 11) is 5.50. The molecule has 1 heterocycles. The Bertz CT molecular complexity index is 1280. The van der Waals surface area contributed by atoms with Crippen LogP contribution in [-0.2, 0) is 4.79 Å². The van der Waals surface area contributed by atoms with Gasteiger partial charge in [0.05, 0.1) is 24.4 Å². The number of aliphatic imine (C=N–C) groups is 2. The second kappa shape index (κ2) is 18.2. The van der Waals surface area contributed by atoms with Gasteiger partial charge in [0.25, 0.3) is 0 Å². The summed E-state index contributed by atoms with van der Waals surface area (Å²) in [5.74, 6) is 1.29. The maximum atomic E-state index is 15.0. The molecule has 1 aliphatic carbocycles. The summed E-state index contributed by atoms with van der Waals surface area (Å²) < 4.78 is 15.0. The maximum Gasteiger partial charge on any atom is 0.197 e. The summed E-state index contributed by atoms with van der Waals surface area (Å²) in [6, 6.07) is 0. The molecule has 2 rings (SSSR count). The molecule has 0 saturated heterocycles. The topological polar surface area (TPSA) is 107 Å². The van der Waals surface area contributed by atoms with E-state index in [2.05, 4.69) is 24.2 Å². The monoisotopic (exact) mass is 608 g/mol. The molecule has 0 spiro atoms.